The quantitative estimate of drug-likeness (QED) is 0.632. The number of carbonyl (C=O) groups excluding carboxylic acids is 1. The fraction of sp³-hybridized carbons (Fsp3) is 0.368. The van der Waals surface area contributed by atoms with Crippen molar-refractivity contribution >= 4 is 11.7 Å². The molecule has 2 aromatic heterocycles. The Morgan fingerprint density at radius 1 is 1.22 bits per heavy atom. The average molecular weight is 366 g/mol. The lowest BCUT2D eigenvalue weighted by atomic mass is 10.1. The van der Waals surface area contributed by atoms with Crippen LogP contribution < -0.4 is 10.6 Å². The second-order valence-electron chi connectivity index (χ2n) is 6.84. The number of aromatic nitrogens is 4. The van der Waals surface area contributed by atoms with Gasteiger partial charge in [0.25, 0.3) is 0 Å². The van der Waals surface area contributed by atoms with Crippen LogP contribution in [0.15, 0.2) is 41.1 Å². The van der Waals surface area contributed by atoms with Crippen LogP contribution in [0.1, 0.15) is 56.3 Å². The monoisotopic (exact) mass is 366 g/mol. The third-order valence-corrected chi connectivity index (χ3v) is 4.85. The lowest BCUT2D eigenvalue weighted by Crippen LogP contribution is -2.31. The molecule has 0 aliphatic heterocycles. The number of hydrogen-bond donors (Lipinski definition) is 3. The van der Waals surface area contributed by atoms with Crippen molar-refractivity contribution in [3.05, 3.63) is 48.2 Å². The molecule has 0 radical (unpaired) electrons. The maximum Gasteiger partial charge on any atom is 0.319 e. The van der Waals surface area contributed by atoms with Crippen LogP contribution in [0.4, 0.5) is 10.5 Å². The summed E-state index contributed by atoms with van der Waals surface area (Å²) in [7, 11) is 0. The Morgan fingerprint density at radius 3 is 2.70 bits per heavy atom. The molecule has 8 heteroatoms. The Balaban J connectivity index is 1.33. The van der Waals surface area contributed by atoms with Crippen molar-refractivity contribution in [1.82, 2.24) is 25.7 Å². The number of amides is 2. The number of nitrogens with one attached hydrogen (secondary N) is 3. The predicted octanol–water partition coefficient (Wildman–Crippen LogP) is 4.00. The number of hydrogen-bond acceptors (Lipinski definition) is 5. The highest BCUT2D eigenvalue weighted by molar-refractivity contribution is 5.89. The molecule has 4 rings (SSSR count). The van der Waals surface area contributed by atoms with Gasteiger partial charge in [0.05, 0.1) is 5.69 Å². The van der Waals surface area contributed by atoms with E-state index in [9.17, 15) is 4.79 Å². The van der Waals surface area contributed by atoms with E-state index in [4.69, 9.17) is 4.52 Å². The minimum absolute atomic E-state index is 0.322. The molecule has 27 heavy (non-hydrogen) atoms. The van der Waals surface area contributed by atoms with Crippen LogP contribution in [-0.4, -0.2) is 26.4 Å². The maximum absolute atomic E-state index is 12.2. The van der Waals surface area contributed by atoms with Gasteiger partial charge in [-0.25, -0.2) is 4.79 Å². The van der Waals surface area contributed by atoms with E-state index in [1.165, 1.54) is 12.8 Å². The van der Waals surface area contributed by atoms with E-state index >= 15 is 0 Å². The average Bonchev–Trinajstić information content (AvgIpc) is 3.43. The van der Waals surface area contributed by atoms with Gasteiger partial charge < -0.3 is 15.2 Å². The first-order valence-electron chi connectivity index (χ1n) is 9.20. The van der Waals surface area contributed by atoms with Gasteiger partial charge in [-0.3, -0.25) is 5.10 Å². The Kier molecular flexibility index (Phi) is 4.86. The fourth-order valence-corrected chi connectivity index (χ4v) is 3.35. The SMILES string of the molecule is CC(NC(=O)Nc1ccc(-c2ccn[nH]2)cc1)c1nc(C2CCCC2)no1. The van der Waals surface area contributed by atoms with Crippen molar-refractivity contribution in [1.29, 1.82) is 0 Å². The minimum atomic E-state index is -0.364. The van der Waals surface area contributed by atoms with Crippen molar-refractivity contribution in [3.63, 3.8) is 0 Å². The molecular weight excluding hydrogens is 344 g/mol. The van der Waals surface area contributed by atoms with Crippen molar-refractivity contribution in [2.75, 3.05) is 5.32 Å². The van der Waals surface area contributed by atoms with Gasteiger partial charge >= 0.3 is 6.03 Å². The molecule has 3 aromatic rings. The topological polar surface area (TPSA) is 109 Å². The summed E-state index contributed by atoms with van der Waals surface area (Å²) in [4.78, 5) is 16.7. The Bertz CT molecular complexity index is 881. The Morgan fingerprint density at radius 2 is 2.00 bits per heavy atom. The van der Waals surface area contributed by atoms with Crippen LogP contribution in [-0.2, 0) is 0 Å². The van der Waals surface area contributed by atoms with E-state index in [0.29, 0.717) is 17.5 Å². The van der Waals surface area contributed by atoms with Crippen LogP contribution in [0.3, 0.4) is 0 Å². The highest BCUT2D eigenvalue weighted by Crippen LogP contribution is 2.32. The molecule has 1 fully saturated rings. The van der Waals surface area contributed by atoms with Gasteiger partial charge in [0, 0.05) is 17.8 Å². The Hall–Kier alpha value is -3.16. The summed E-state index contributed by atoms with van der Waals surface area (Å²) in [6.07, 6.45) is 6.34. The third kappa shape index (κ3) is 3.99. The smallest absolute Gasteiger partial charge is 0.319 e. The molecule has 1 aromatic carbocycles. The predicted molar refractivity (Wildman–Crippen MR) is 100 cm³/mol. The number of H-pyrrole nitrogens is 1. The lowest BCUT2D eigenvalue weighted by molar-refractivity contribution is 0.245. The largest absolute Gasteiger partial charge is 0.337 e. The van der Waals surface area contributed by atoms with E-state index in [1.54, 1.807) is 6.20 Å². The first kappa shape index (κ1) is 17.3. The molecule has 2 heterocycles. The van der Waals surface area contributed by atoms with Gasteiger partial charge in [0.15, 0.2) is 5.82 Å². The molecule has 0 saturated heterocycles. The zero-order chi connectivity index (χ0) is 18.6. The second-order valence-corrected chi connectivity index (χ2v) is 6.84. The molecule has 3 N–H and O–H groups in total. The number of anilines is 1. The first-order valence-corrected chi connectivity index (χ1v) is 9.20. The van der Waals surface area contributed by atoms with Gasteiger partial charge in [-0.2, -0.15) is 10.1 Å². The first-order chi connectivity index (χ1) is 13.2. The van der Waals surface area contributed by atoms with E-state index in [0.717, 1.165) is 29.9 Å². The van der Waals surface area contributed by atoms with Crippen molar-refractivity contribution < 1.29 is 9.32 Å². The standard InChI is InChI=1S/C19H22N6O2/c1-12(18-23-17(25-27-18)14-4-2-3-5-14)21-19(26)22-15-8-6-13(7-9-15)16-10-11-20-24-16/h6-12,14H,2-5H2,1H3,(H,20,24)(H2,21,22,26). The molecule has 140 valence electrons. The van der Waals surface area contributed by atoms with Crippen LogP contribution in [0.2, 0.25) is 0 Å². The number of benzene rings is 1. The molecule has 1 aliphatic carbocycles. The summed E-state index contributed by atoms with van der Waals surface area (Å²) < 4.78 is 5.33. The number of carbonyl (C=O) groups is 1. The molecule has 8 nitrogen and oxygen atoms in total. The Labute approximate surface area is 156 Å². The van der Waals surface area contributed by atoms with Crippen LogP contribution in [0.25, 0.3) is 11.3 Å². The van der Waals surface area contributed by atoms with Crippen molar-refractivity contribution in [2.45, 2.75) is 44.6 Å². The zero-order valence-electron chi connectivity index (χ0n) is 15.1. The van der Waals surface area contributed by atoms with Crippen molar-refractivity contribution in [3.8, 4) is 11.3 Å². The van der Waals surface area contributed by atoms with Crippen LogP contribution in [0.5, 0.6) is 0 Å². The summed E-state index contributed by atoms with van der Waals surface area (Å²) in [6, 6.07) is 8.71. The molecule has 0 spiro atoms. The summed E-state index contributed by atoms with van der Waals surface area (Å²) in [5.74, 6) is 1.57. The van der Waals surface area contributed by atoms with E-state index in [-0.39, 0.29) is 12.1 Å². The maximum atomic E-state index is 12.2. The zero-order valence-corrected chi connectivity index (χ0v) is 15.1. The number of urea groups is 1. The molecule has 2 amide bonds. The van der Waals surface area contributed by atoms with E-state index < -0.39 is 0 Å². The molecule has 1 unspecified atom stereocenters. The number of rotatable bonds is 5. The van der Waals surface area contributed by atoms with Gasteiger partial charge in [0.2, 0.25) is 5.89 Å². The minimum Gasteiger partial charge on any atom is -0.337 e. The van der Waals surface area contributed by atoms with Crippen LogP contribution >= 0.6 is 0 Å². The van der Waals surface area contributed by atoms with E-state index in [2.05, 4.69) is 31.0 Å². The fourth-order valence-electron chi connectivity index (χ4n) is 3.35. The van der Waals surface area contributed by atoms with Gasteiger partial charge in [-0.15, -0.1) is 0 Å². The summed E-state index contributed by atoms with van der Waals surface area (Å²) in [5.41, 5.74) is 2.62. The van der Waals surface area contributed by atoms with E-state index in [1.807, 2.05) is 37.3 Å². The second kappa shape index (κ2) is 7.61. The molecule has 1 aliphatic rings. The molecule has 1 saturated carbocycles. The summed E-state index contributed by atoms with van der Waals surface area (Å²) in [6.45, 7) is 1.83. The number of nitrogens with zero attached hydrogens (tertiary/aromatic N) is 3. The van der Waals surface area contributed by atoms with Gasteiger partial charge in [-0.05, 0) is 43.5 Å². The van der Waals surface area contributed by atoms with Crippen molar-refractivity contribution in [2.24, 2.45) is 0 Å². The highest BCUT2D eigenvalue weighted by atomic mass is 16.5. The molecule has 1 atom stereocenters. The highest BCUT2D eigenvalue weighted by Gasteiger charge is 2.24. The molecular formula is C19H22N6O2. The normalized spacial score (nSPS) is 15.6. The van der Waals surface area contributed by atoms with Gasteiger partial charge in [0.1, 0.15) is 6.04 Å². The lowest BCUT2D eigenvalue weighted by Gasteiger charge is -2.11. The third-order valence-electron chi connectivity index (χ3n) is 4.85. The molecule has 0 bridgehead atoms. The van der Waals surface area contributed by atoms with Crippen LogP contribution in [0, 0.1) is 0 Å². The summed E-state index contributed by atoms with van der Waals surface area (Å²) in [5, 5.41) is 16.6. The van der Waals surface area contributed by atoms with Gasteiger partial charge in [-0.1, -0.05) is 30.1 Å². The summed E-state index contributed by atoms with van der Waals surface area (Å²) >= 11 is 0. The number of aromatic amines is 1.